The number of carbonyl (C=O) groups excluding carboxylic acids is 2. The molecule has 1 aliphatic heterocycles. The van der Waals surface area contributed by atoms with E-state index in [9.17, 15) is 9.59 Å². The Hall–Kier alpha value is -1.89. The average molecular weight is 348 g/mol. The van der Waals surface area contributed by atoms with Gasteiger partial charge in [0, 0.05) is 31.2 Å². The molecule has 2 heterocycles. The van der Waals surface area contributed by atoms with Crippen molar-refractivity contribution in [3.8, 4) is 0 Å². The van der Waals surface area contributed by atoms with Gasteiger partial charge < -0.3 is 15.4 Å². The summed E-state index contributed by atoms with van der Waals surface area (Å²) < 4.78 is 6.75. The van der Waals surface area contributed by atoms with Gasteiger partial charge in [-0.3, -0.25) is 14.3 Å². The van der Waals surface area contributed by atoms with Gasteiger partial charge in [0.15, 0.2) is 0 Å². The Kier molecular flexibility index (Phi) is 5.42. The fourth-order valence-corrected chi connectivity index (χ4v) is 3.79. The third kappa shape index (κ3) is 4.03. The Morgan fingerprint density at radius 2 is 2.12 bits per heavy atom. The van der Waals surface area contributed by atoms with E-state index in [0.29, 0.717) is 25.4 Å². The Balaban J connectivity index is 1.53. The second-order valence-electron chi connectivity index (χ2n) is 7.45. The van der Waals surface area contributed by atoms with Crippen LogP contribution in [0, 0.1) is 5.41 Å². The summed E-state index contributed by atoms with van der Waals surface area (Å²) in [5.74, 6) is -0.0188. The topological polar surface area (TPSA) is 85.2 Å². The Bertz CT molecular complexity index is 611. The third-order valence-electron chi connectivity index (χ3n) is 5.38. The molecule has 7 heteroatoms. The summed E-state index contributed by atoms with van der Waals surface area (Å²) in [4.78, 5) is 24.7. The highest BCUT2D eigenvalue weighted by Gasteiger charge is 2.36. The fourth-order valence-electron chi connectivity index (χ4n) is 3.79. The fraction of sp³-hybridized carbons (Fsp3) is 0.722. The van der Waals surface area contributed by atoms with Crippen LogP contribution in [0.2, 0.25) is 0 Å². The second-order valence-corrected chi connectivity index (χ2v) is 7.45. The van der Waals surface area contributed by atoms with Crippen molar-refractivity contribution in [2.45, 2.75) is 58.0 Å². The van der Waals surface area contributed by atoms with Crippen LogP contribution in [0.25, 0.3) is 0 Å². The number of hydrogen-bond donors (Lipinski definition) is 2. The van der Waals surface area contributed by atoms with E-state index >= 15 is 0 Å². The Morgan fingerprint density at radius 3 is 2.80 bits per heavy atom. The maximum Gasteiger partial charge on any atom is 0.271 e. The number of ether oxygens (including phenoxy) is 1. The number of nitrogens with one attached hydrogen (secondary N) is 2. The molecular formula is C18H28N4O3. The smallest absolute Gasteiger partial charge is 0.271 e. The zero-order chi connectivity index (χ0) is 17.9. The van der Waals surface area contributed by atoms with Crippen LogP contribution in [0.5, 0.6) is 0 Å². The van der Waals surface area contributed by atoms with Gasteiger partial charge in [0.05, 0.1) is 19.2 Å². The first-order valence-electron chi connectivity index (χ1n) is 9.17. The first kappa shape index (κ1) is 17.9. The first-order valence-corrected chi connectivity index (χ1v) is 9.17. The maximum atomic E-state index is 12.7. The molecular weight excluding hydrogens is 320 g/mol. The SMILES string of the molecule is COCCNC(=O)c1cc2n(n1)CC(NC(=O)C1(C)CCCCC1)C2. The van der Waals surface area contributed by atoms with Crippen LogP contribution >= 0.6 is 0 Å². The van der Waals surface area contributed by atoms with E-state index < -0.39 is 0 Å². The summed E-state index contributed by atoms with van der Waals surface area (Å²) in [7, 11) is 1.60. The van der Waals surface area contributed by atoms with Crippen LogP contribution in [0.3, 0.4) is 0 Å². The third-order valence-corrected chi connectivity index (χ3v) is 5.38. The first-order chi connectivity index (χ1) is 12.0. The molecule has 3 rings (SSSR count). The van der Waals surface area contributed by atoms with Crippen LogP contribution in [0.1, 0.15) is 55.2 Å². The van der Waals surface area contributed by atoms with E-state index in [4.69, 9.17) is 4.74 Å². The zero-order valence-corrected chi connectivity index (χ0v) is 15.1. The van der Waals surface area contributed by atoms with Crippen molar-refractivity contribution in [2.75, 3.05) is 20.3 Å². The molecule has 1 aromatic heterocycles. The molecule has 1 aliphatic carbocycles. The van der Waals surface area contributed by atoms with Gasteiger partial charge >= 0.3 is 0 Å². The minimum Gasteiger partial charge on any atom is -0.383 e. The molecule has 2 N–H and O–H groups in total. The standard InChI is InChI=1S/C18H28N4O3/c1-18(6-4-3-5-7-18)17(24)20-13-10-14-11-15(21-22(14)12-13)16(23)19-8-9-25-2/h11,13H,3-10,12H2,1-2H3,(H,19,23)(H,20,24). The lowest BCUT2D eigenvalue weighted by atomic mass is 9.75. The minimum atomic E-state index is -0.227. The molecule has 0 aromatic carbocycles. The van der Waals surface area contributed by atoms with Gasteiger partial charge in [-0.1, -0.05) is 26.2 Å². The lowest BCUT2D eigenvalue weighted by molar-refractivity contribution is -0.132. The van der Waals surface area contributed by atoms with Gasteiger partial charge in [-0.15, -0.1) is 0 Å². The summed E-state index contributed by atoms with van der Waals surface area (Å²) in [6.45, 7) is 3.65. The highest BCUT2D eigenvalue weighted by molar-refractivity contribution is 5.92. The molecule has 1 atom stereocenters. The Morgan fingerprint density at radius 1 is 1.36 bits per heavy atom. The molecule has 0 bridgehead atoms. The lowest BCUT2D eigenvalue weighted by Gasteiger charge is -2.33. The van der Waals surface area contributed by atoms with E-state index in [2.05, 4.69) is 22.7 Å². The molecule has 1 aromatic rings. The van der Waals surface area contributed by atoms with E-state index in [1.165, 1.54) is 6.42 Å². The van der Waals surface area contributed by atoms with Gasteiger partial charge in [0.25, 0.3) is 5.91 Å². The predicted octanol–water partition coefficient (Wildman–Crippen LogP) is 1.27. The van der Waals surface area contributed by atoms with Crippen LogP contribution in [0.4, 0.5) is 0 Å². The summed E-state index contributed by atoms with van der Waals surface area (Å²) in [6, 6.07) is 1.88. The molecule has 1 fully saturated rings. The molecule has 0 radical (unpaired) electrons. The molecule has 0 spiro atoms. The molecule has 0 saturated heterocycles. The molecule has 2 aliphatic rings. The van der Waals surface area contributed by atoms with Gasteiger partial charge in [0.1, 0.15) is 5.69 Å². The largest absolute Gasteiger partial charge is 0.383 e. The van der Waals surface area contributed by atoms with Crippen molar-refractivity contribution in [3.05, 3.63) is 17.5 Å². The van der Waals surface area contributed by atoms with E-state index in [1.54, 1.807) is 7.11 Å². The quantitative estimate of drug-likeness (QED) is 0.758. The van der Waals surface area contributed by atoms with Crippen molar-refractivity contribution >= 4 is 11.8 Å². The maximum absolute atomic E-state index is 12.7. The van der Waals surface area contributed by atoms with Crippen molar-refractivity contribution in [1.29, 1.82) is 0 Å². The predicted molar refractivity (Wildman–Crippen MR) is 93.3 cm³/mol. The number of carbonyl (C=O) groups is 2. The molecule has 1 saturated carbocycles. The number of aromatic nitrogens is 2. The lowest BCUT2D eigenvalue weighted by Crippen LogP contribution is -2.45. The molecule has 7 nitrogen and oxygen atoms in total. The van der Waals surface area contributed by atoms with Crippen LogP contribution in [0.15, 0.2) is 6.07 Å². The monoisotopic (exact) mass is 348 g/mol. The zero-order valence-electron chi connectivity index (χ0n) is 15.1. The van der Waals surface area contributed by atoms with Gasteiger partial charge in [0.2, 0.25) is 5.91 Å². The summed E-state index contributed by atoms with van der Waals surface area (Å²) >= 11 is 0. The molecule has 1 unspecified atom stereocenters. The summed E-state index contributed by atoms with van der Waals surface area (Å²) in [5.41, 5.74) is 1.20. The van der Waals surface area contributed by atoms with Gasteiger partial charge in [-0.25, -0.2) is 0 Å². The molecule has 2 amide bonds. The van der Waals surface area contributed by atoms with Crippen molar-refractivity contribution in [2.24, 2.45) is 5.41 Å². The van der Waals surface area contributed by atoms with Crippen molar-refractivity contribution in [3.63, 3.8) is 0 Å². The highest BCUT2D eigenvalue weighted by atomic mass is 16.5. The van der Waals surface area contributed by atoms with Crippen LogP contribution in [-0.4, -0.2) is 47.9 Å². The van der Waals surface area contributed by atoms with Crippen LogP contribution in [-0.2, 0) is 22.5 Å². The van der Waals surface area contributed by atoms with E-state index in [1.807, 2.05) is 10.7 Å². The highest BCUT2D eigenvalue weighted by Crippen LogP contribution is 2.36. The number of methoxy groups -OCH3 is 1. The minimum absolute atomic E-state index is 0.0688. The number of nitrogens with zero attached hydrogens (tertiary/aromatic N) is 2. The average Bonchev–Trinajstić information content (AvgIpc) is 3.14. The summed E-state index contributed by atoms with van der Waals surface area (Å²) in [6.07, 6.45) is 6.18. The number of rotatable bonds is 6. The molecule has 25 heavy (non-hydrogen) atoms. The van der Waals surface area contributed by atoms with Gasteiger partial charge in [-0.2, -0.15) is 5.10 Å². The van der Waals surface area contributed by atoms with Gasteiger partial charge in [-0.05, 0) is 18.9 Å². The summed E-state index contributed by atoms with van der Waals surface area (Å²) in [5, 5.41) is 10.3. The van der Waals surface area contributed by atoms with Crippen molar-refractivity contribution < 1.29 is 14.3 Å². The second kappa shape index (κ2) is 7.56. The van der Waals surface area contributed by atoms with E-state index in [0.717, 1.165) is 37.8 Å². The number of fused-ring (bicyclic) bond motifs is 1. The normalized spacial score (nSPS) is 21.6. The Labute approximate surface area is 148 Å². The van der Waals surface area contributed by atoms with E-state index in [-0.39, 0.29) is 23.3 Å². The van der Waals surface area contributed by atoms with Crippen LogP contribution < -0.4 is 10.6 Å². The number of hydrogen-bond acceptors (Lipinski definition) is 4. The number of amides is 2. The van der Waals surface area contributed by atoms with Crippen molar-refractivity contribution in [1.82, 2.24) is 20.4 Å². The molecule has 138 valence electrons.